The van der Waals surface area contributed by atoms with E-state index < -0.39 is 23.9 Å². The highest BCUT2D eigenvalue weighted by Gasteiger charge is 2.39. The van der Waals surface area contributed by atoms with Gasteiger partial charge >= 0.3 is 0 Å². The number of β-amino-alcohol motifs (C(OH)–C–C–N with tert-alkyl or cyclic N) is 1. The Bertz CT molecular complexity index is 721. The van der Waals surface area contributed by atoms with Crippen molar-refractivity contribution in [2.24, 2.45) is 0 Å². The summed E-state index contributed by atoms with van der Waals surface area (Å²) in [5.41, 5.74) is -0.150. The lowest BCUT2D eigenvalue weighted by atomic mass is 10.1. The van der Waals surface area contributed by atoms with Gasteiger partial charge in [-0.05, 0) is 19.1 Å². The van der Waals surface area contributed by atoms with Gasteiger partial charge in [0.25, 0.3) is 5.91 Å². The van der Waals surface area contributed by atoms with Crippen LogP contribution in [0.3, 0.4) is 0 Å². The van der Waals surface area contributed by atoms with E-state index in [1.807, 2.05) is 0 Å². The Morgan fingerprint density at radius 2 is 2.32 bits per heavy atom. The van der Waals surface area contributed by atoms with E-state index in [1.54, 1.807) is 6.92 Å². The lowest BCUT2D eigenvalue weighted by Crippen LogP contribution is -2.32. The highest BCUT2D eigenvalue weighted by atomic mass is 35.5. The fourth-order valence-electron chi connectivity index (χ4n) is 2.54. The van der Waals surface area contributed by atoms with Crippen molar-refractivity contribution in [2.45, 2.75) is 25.5 Å². The van der Waals surface area contributed by atoms with Crippen LogP contribution in [0.15, 0.2) is 22.7 Å². The molecule has 1 amide bonds. The van der Waals surface area contributed by atoms with E-state index in [0.29, 0.717) is 5.82 Å². The molecule has 0 aliphatic carbocycles. The smallest absolute Gasteiger partial charge is 0.257 e. The molecule has 1 N–H and O–H groups in total. The zero-order valence-electron chi connectivity index (χ0n) is 11.7. The maximum Gasteiger partial charge on any atom is 0.257 e. The molecule has 22 heavy (non-hydrogen) atoms. The maximum atomic E-state index is 14.0. The Kier molecular flexibility index (Phi) is 3.84. The molecule has 0 saturated carbocycles. The van der Waals surface area contributed by atoms with Crippen LogP contribution in [0.1, 0.15) is 34.5 Å². The third-order valence-electron chi connectivity index (χ3n) is 3.55. The molecule has 0 bridgehead atoms. The first-order valence-corrected chi connectivity index (χ1v) is 7.08. The number of amides is 1. The van der Waals surface area contributed by atoms with E-state index >= 15 is 0 Å². The predicted octanol–water partition coefficient (Wildman–Crippen LogP) is 2.12. The number of hydrogen-bond donors (Lipinski definition) is 1. The van der Waals surface area contributed by atoms with Crippen LogP contribution in [0.25, 0.3) is 0 Å². The quantitative estimate of drug-likeness (QED) is 0.915. The summed E-state index contributed by atoms with van der Waals surface area (Å²) in [5, 5.41) is 13.4. The number of benzene rings is 1. The Morgan fingerprint density at radius 3 is 3.00 bits per heavy atom. The molecule has 0 radical (unpaired) electrons. The molecule has 1 aliphatic rings. The van der Waals surface area contributed by atoms with Crippen LogP contribution >= 0.6 is 11.6 Å². The van der Waals surface area contributed by atoms with Gasteiger partial charge < -0.3 is 14.5 Å². The molecule has 0 spiro atoms. The van der Waals surface area contributed by atoms with Gasteiger partial charge in [-0.1, -0.05) is 22.8 Å². The van der Waals surface area contributed by atoms with E-state index in [-0.39, 0.29) is 29.4 Å². The average Bonchev–Trinajstić information content (AvgIpc) is 3.07. The first-order valence-electron chi connectivity index (χ1n) is 6.70. The monoisotopic (exact) mass is 325 g/mol. The lowest BCUT2D eigenvalue weighted by molar-refractivity contribution is 0.0688. The van der Waals surface area contributed by atoms with E-state index in [9.17, 15) is 14.3 Å². The van der Waals surface area contributed by atoms with Gasteiger partial charge in [-0.2, -0.15) is 4.98 Å². The molecule has 1 aromatic heterocycles. The molecule has 2 atom stereocenters. The van der Waals surface area contributed by atoms with Crippen molar-refractivity contribution in [1.29, 1.82) is 0 Å². The van der Waals surface area contributed by atoms with Gasteiger partial charge in [0.1, 0.15) is 6.04 Å². The third-order valence-corrected chi connectivity index (χ3v) is 3.84. The minimum absolute atomic E-state index is 0.0664. The highest BCUT2D eigenvalue weighted by Crippen LogP contribution is 2.33. The molecule has 1 aromatic carbocycles. The summed E-state index contributed by atoms with van der Waals surface area (Å²) in [4.78, 5) is 18.0. The number of carbonyl (C=O) groups is 1. The first kappa shape index (κ1) is 14.9. The number of aliphatic hydroxyl groups is 1. The molecule has 3 rings (SSSR count). The number of likely N-dealkylation sites (tertiary alicyclic amines) is 1. The molecule has 1 fully saturated rings. The third kappa shape index (κ3) is 2.57. The number of halogens is 2. The topological polar surface area (TPSA) is 79.5 Å². The van der Waals surface area contributed by atoms with Crippen LogP contribution in [0, 0.1) is 12.7 Å². The number of carbonyl (C=O) groups excluding carboxylic acids is 1. The van der Waals surface area contributed by atoms with Gasteiger partial charge in [-0.15, -0.1) is 0 Å². The van der Waals surface area contributed by atoms with Gasteiger partial charge in [0, 0.05) is 13.0 Å². The van der Waals surface area contributed by atoms with Crippen molar-refractivity contribution in [3.05, 3.63) is 46.3 Å². The van der Waals surface area contributed by atoms with Crippen molar-refractivity contribution in [3.8, 4) is 0 Å². The van der Waals surface area contributed by atoms with Crippen molar-refractivity contribution >= 4 is 17.5 Å². The Balaban J connectivity index is 1.94. The average molecular weight is 326 g/mol. The van der Waals surface area contributed by atoms with Crippen molar-refractivity contribution in [3.63, 3.8) is 0 Å². The van der Waals surface area contributed by atoms with Crippen LogP contribution < -0.4 is 0 Å². The number of rotatable bonds is 2. The first-order chi connectivity index (χ1) is 10.5. The number of aromatic nitrogens is 2. The second kappa shape index (κ2) is 5.66. The van der Waals surface area contributed by atoms with Gasteiger partial charge in [0.15, 0.2) is 11.6 Å². The van der Waals surface area contributed by atoms with E-state index in [2.05, 4.69) is 10.1 Å². The summed E-state index contributed by atoms with van der Waals surface area (Å²) < 4.78 is 19.1. The SMILES string of the molecule is Cc1noc([C@H]2C[C@@H](O)CN2C(=O)c2cccc(Cl)c2F)n1. The fraction of sp³-hybridized carbons (Fsp3) is 0.357. The van der Waals surface area contributed by atoms with Crippen LogP contribution in [-0.2, 0) is 0 Å². The standard InChI is InChI=1S/C14H13ClFN3O3/c1-7-17-13(22-18-7)11-5-8(20)6-19(11)14(21)9-3-2-4-10(15)12(9)16/h2-4,8,11,20H,5-6H2,1H3/t8-,11-/m1/s1. The minimum atomic E-state index is -0.781. The largest absolute Gasteiger partial charge is 0.391 e. The number of hydrogen-bond acceptors (Lipinski definition) is 5. The summed E-state index contributed by atoms with van der Waals surface area (Å²) in [6, 6.07) is 3.63. The molecule has 2 heterocycles. The van der Waals surface area contributed by atoms with Crippen molar-refractivity contribution in [1.82, 2.24) is 15.0 Å². The molecule has 1 aliphatic heterocycles. The zero-order valence-corrected chi connectivity index (χ0v) is 12.4. The zero-order chi connectivity index (χ0) is 15.9. The molecule has 6 nitrogen and oxygen atoms in total. The summed E-state index contributed by atoms with van der Waals surface area (Å²) >= 11 is 5.71. The number of nitrogens with zero attached hydrogens (tertiary/aromatic N) is 3. The summed E-state index contributed by atoms with van der Waals surface area (Å²) in [6.45, 7) is 1.72. The van der Waals surface area contributed by atoms with Gasteiger partial charge in [0.05, 0.1) is 16.7 Å². The normalized spacial score (nSPS) is 21.4. The summed E-state index contributed by atoms with van der Waals surface area (Å²) in [7, 11) is 0. The van der Waals surface area contributed by atoms with Crippen LogP contribution in [-0.4, -0.2) is 38.7 Å². The Labute approximate surface area is 130 Å². The molecule has 116 valence electrons. The van der Waals surface area contributed by atoms with E-state index in [1.165, 1.54) is 23.1 Å². The van der Waals surface area contributed by atoms with E-state index in [4.69, 9.17) is 16.1 Å². The van der Waals surface area contributed by atoms with Crippen LogP contribution in [0.2, 0.25) is 5.02 Å². The van der Waals surface area contributed by atoms with Gasteiger partial charge in [-0.25, -0.2) is 4.39 Å². The second-order valence-electron chi connectivity index (χ2n) is 5.14. The second-order valence-corrected chi connectivity index (χ2v) is 5.55. The summed E-state index contributed by atoms with van der Waals surface area (Å²) in [6.07, 6.45) is -0.473. The van der Waals surface area contributed by atoms with Crippen LogP contribution in [0.4, 0.5) is 4.39 Å². The highest BCUT2D eigenvalue weighted by molar-refractivity contribution is 6.31. The van der Waals surface area contributed by atoms with Gasteiger partial charge in [0.2, 0.25) is 5.89 Å². The lowest BCUT2D eigenvalue weighted by Gasteiger charge is -2.22. The van der Waals surface area contributed by atoms with E-state index in [0.717, 1.165) is 0 Å². The molecular weight excluding hydrogens is 313 g/mol. The molecular formula is C14H13ClFN3O3. The summed E-state index contributed by atoms with van der Waals surface area (Å²) in [5.74, 6) is -0.698. The molecule has 0 unspecified atom stereocenters. The maximum absolute atomic E-state index is 14.0. The predicted molar refractivity (Wildman–Crippen MR) is 74.8 cm³/mol. The van der Waals surface area contributed by atoms with Gasteiger partial charge in [-0.3, -0.25) is 4.79 Å². The Hall–Kier alpha value is -1.99. The molecule has 1 saturated heterocycles. The van der Waals surface area contributed by atoms with Crippen molar-refractivity contribution in [2.75, 3.05) is 6.54 Å². The molecule has 2 aromatic rings. The Morgan fingerprint density at radius 1 is 1.55 bits per heavy atom. The van der Waals surface area contributed by atoms with Crippen molar-refractivity contribution < 1.29 is 18.8 Å². The number of aliphatic hydroxyl groups excluding tert-OH is 1. The molecule has 8 heteroatoms. The fourth-order valence-corrected chi connectivity index (χ4v) is 2.72. The number of aryl methyl sites for hydroxylation is 1. The minimum Gasteiger partial charge on any atom is -0.391 e. The van der Waals surface area contributed by atoms with Crippen LogP contribution in [0.5, 0.6) is 0 Å².